The van der Waals surface area contributed by atoms with Crippen LogP contribution in [0.4, 0.5) is 0 Å². The van der Waals surface area contributed by atoms with Crippen molar-refractivity contribution in [1.29, 1.82) is 0 Å². The van der Waals surface area contributed by atoms with E-state index in [9.17, 15) is 13.2 Å². The maximum absolute atomic E-state index is 13.0. The molecule has 12 heteroatoms. The number of hydrogen-bond acceptors (Lipinski definition) is 7. The Morgan fingerprint density at radius 3 is 2.64 bits per heavy atom. The molecule has 1 aliphatic rings. The van der Waals surface area contributed by atoms with E-state index in [4.69, 9.17) is 16.3 Å². The number of ether oxygens (including phenoxy) is 1. The summed E-state index contributed by atoms with van der Waals surface area (Å²) in [6, 6.07) is 18.4. The second-order valence-electron chi connectivity index (χ2n) is 12.1. The van der Waals surface area contributed by atoms with Crippen molar-refractivity contribution >= 4 is 49.3 Å². The van der Waals surface area contributed by atoms with Crippen molar-refractivity contribution < 1.29 is 17.9 Å². The van der Waals surface area contributed by atoms with Crippen LogP contribution in [0.2, 0.25) is 5.02 Å². The van der Waals surface area contributed by atoms with Gasteiger partial charge < -0.3 is 14.6 Å². The van der Waals surface area contributed by atoms with Crippen LogP contribution in [0.5, 0.6) is 0 Å². The lowest BCUT2D eigenvalue weighted by molar-refractivity contribution is 0.0454. The first-order valence-electron chi connectivity index (χ1n) is 15.3. The minimum absolute atomic E-state index is 0.211. The van der Waals surface area contributed by atoms with Crippen molar-refractivity contribution in [2.45, 2.75) is 38.1 Å². The number of benzene rings is 3. The molecule has 0 atom stereocenters. The van der Waals surface area contributed by atoms with Gasteiger partial charge in [-0.2, -0.15) is 0 Å². The summed E-state index contributed by atoms with van der Waals surface area (Å²) in [4.78, 5) is 18.8. The second-order valence-corrected chi connectivity index (χ2v) is 14.3. The molecule has 0 amide bonds. The van der Waals surface area contributed by atoms with Crippen LogP contribution in [0.25, 0.3) is 32.9 Å². The number of carbonyl (C=O) groups is 1. The van der Waals surface area contributed by atoms with Gasteiger partial charge in [0.15, 0.2) is 0 Å². The van der Waals surface area contributed by atoms with Gasteiger partial charge in [0.05, 0.1) is 17.7 Å². The molecule has 1 fully saturated rings. The number of fused-ring (bicyclic) bond motifs is 2. The topological polar surface area (TPSA) is 122 Å². The third kappa shape index (κ3) is 7.22. The Balaban J connectivity index is 1.05. The van der Waals surface area contributed by atoms with Crippen molar-refractivity contribution in [2.24, 2.45) is 11.8 Å². The Bertz CT molecular complexity index is 1930. The van der Waals surface area contributed by atoms with Crippen LogP contribution in [0.3, 0.4) is 0 Å². The van der Waals surface area contributed by atoms with E-state index in [0.717, 1.165) is 47.6 Å². The number of nitrogens with zero attached hydrogens (tertiary/aromatic N) is 4. The van der Waals surface area contributed by atoms with Gasteiger partial charge in [-0.05, 0) is 78.9 Å². The molecule has 2 N–H and O–H groups in total. The number of likely N-dealkylation sites (tertiary alicyclic amines) is 1. The first-order chi connectivity index (χ1) is 21.7. The Labute approximate surface area is 267 Å². The molecule has 0 radical (unpaired) electrons. The van der Waals surface area contributed by atoms with E-state index >= 15 is 0 Å². The first kappa shape index (κ1) is 31.2. The van der Waals surface area contributed by atoms with Crippen LogP contribution in [0, 0.1) is 11.8 Å². The number of carbonyl (C=O) groups excluding carboxylic acids is 1. The van der Waals surface area contributed by atoms with Gasteiger partial charge in [0, 0.05) is 41.1 Å². The first-order valence-corrected chi connectivity index (χ1v) is 17.1. The van der Waals surface area contributed by atoms with Crippen molar-refractivity contribution in [3.8, 4) is 11.3 Å². The van der Waals surface area contributed by atoms with E-state index in [1.165, 1.54) is 0 Å². The number of rotatable bonds is 11. The summed E-state index contributed by atoms with van der Waals surface area (Å²) >= 11 is 6.31. The molecule has 236 valence electrons. The number of sulfonamides is 1. The highest BCUT2D eigenvalue weighted by Crippen LogP contribution is 2.34. The van der Waals surface area contributed by atoms with Crippen LogP contribution in [0.1, 0.15) is 37.2 Å². The van der Waals surface area contributed by atoms with Crippen LogP contribution in [0.15, 0.2) is 71.8 Å². The van der Waals surface area contributed by atoms with Gasteiger partial charge in [-0.3, -0.25) is 4.68 Å². The molecule has 0 bridgehead atoms. The number of piperidine rings is 1. The summed E-state index contributed by atoms with van der Waals surface area (Å²) in [7, 11) is -3.59. The van der Waals surface area contributed by atoms with Crippen molar-refractivity contribution in [1.82, 2.24) is 29.6 Å². The molecule has 0 aliphatic carbocycles. The summed E-state index contributed by atoms with van der Waals surface area (Å²) in [5.41, 5.74) is 2.32. The van der Waals surface area contributed by atoms with Gasteiger partial charge in [0.2, 0.25) is 10.0 Å². The number of aromatic amines is 1. The fraction of sp³-hybridized carbons (Fsp3) is 0.364. The zero-order chi connectivity index (χ0) is 31.6. The summed E-state index contributed by atoms with van der Waals surface area (Å²) in [5.74, 6) is 0.175. The maximum atomic E-state index is 13.0. The lowest BCUT2D eigenvalue weighted by Crippen LogP contribution is -2.40. The van der Waals surface area contributed by atoms with Crippen LogP contribution < -0.4 is 4.72 Å². The molecule has 3 aromatic carbocycles. The highest BCUT2D eigenvalue weighted by Gasteiger charge is 2.25. The SMILES string of the molecule is CC(C)COC(=O)c1[nH]c2ccc(Cl)cc2c1-c1cn(CC2CCN(CCNS(=O)(=O)c3ccc4ccccc4c3)CC2)nn1. The quantitative estimate of drug-likeness (QED) is 0.175. The van der Waals surface area contributed by atoms with Crippen LogP contribution in [-0.4, -0.2) is 72.1 Å². The van der Waals surface area contributed by atoms with E-state index < -0.39 is 16.0 Å². The molecule has 5 aromatic rings. The van der Waals surface area contributed by atoms with Gasteiger partial charge in [0.25, 0.3) is 0 Å². The molecule has 1 aliphatic heterocycles. The molecular weight excluding hydrogens is 612 g/mol. The lowest BCUT2D eigenvalue weighted by atomic mass is 9.97. The Hall–Kier alpha value is -3.77. The Kier molecular flexibility index (Phi) is 9.23. The predicted molar refractivity (Wildman–Crippen MR) is 176 cm³/mol. The predicted octanol–water partition coefficient (Wildman–Crippen LogP) is 5.74. The summed E-state index contributed by atoms with van der Waals surface area (Å²) < 4.78 is 35.9. The largest absolute Gasteiger partial charge is 0.461 e. The Morgan fingerprint density at radius 1 is 1.09 bits per heavy atom. The number of nitrogens with one attached hydrogen (secondary N) is 2. The lowest BCUT2D eigenvalue weighted by Gasteiger charge is -2.31. The van der Waals surface area contributed by atoms with E-state index in [-0.39, 0.29) is 10.8 Å². The Morgan fingerprint density at radius 2 is 1.87 bits per heavy atom. The molecular formula is C33H37ClN6O4S. The average Bonchev–Trinajstić information content (AvgIpc) is 3.64. The van der Waals surface area contributed by atoms with Gasteiger partial charge in [-0.15, -0.1) is 5.10 Å². The minimum atomic E-state index is -3.59. The van der Waals surface area contributed by atoms with E-state index in [1.807, 2.05) is 67.2 Å². The molecule has 3 heterocycles. The van der Waals surface area contributed by atoms with Gasteiger partial charge >= 0.3 is 5.97 Å². The molecule has 10 nitrogen and oxygen atoms in total. The monoisotopic (exact) mass is 648 g/mol. The second kappa shape index (κ2) is 13.3. The van der Waals surface area contributed by atoms with Crippen molar-refractivity contribution in [3.63, 3.8) is 0 Å². The third-order valence-electron chi connectivity index (χ3n) is 8.21. The number of hydrogen-bond donors (Lipinski definition) is 2. The standard InChI is InChI=1S/C33H37ClN6O4S/c1-22(2)21-44-33(41)32-31(28-18-26(34)8-10-29(28)36-32)30-20-40(38-37-30)19-23-11-14-39(15-12-23)16-13-35-45(42,43)27-9-7-24-5-3-4-6-25(24)17-27/h3-10,17-18,20,22-23,35-36H,11-16,19,21H2,1-2H3. The molecule has 0 unspecified atom stereocenters. The number of esters is 1. The molecule has 45 heavy (non-hydrogen) atoms. The third-order valence-corrected chi connectivity index (χ3v) is 9.90. The minimum Gasteiger partial charge on any atom is -0.461 e. The van der Waals surface area contributed by atoms with Crippen molar-refractivity contribution in [2.75, 3.05) is 32.8 Å². The number of aromatic nitrogens is 4. The van der Waals surface area contributed by atoms with Crippen molar-refractivity contribution in [3.05, 3.63) is 77.6 Å². The normalized spacial score (nSPS) is 14.9. The molecule has 2 aromatic heterocycles. The van der Waals surface area contributed by atoms with Crippen LogP contribution in [-0.2, 0) is 21.3 Å². The number of H-pyrrole nitrogens is 1. The van der Waals surface area contributed by atoms with Crippen LogP contribution >= 0.6 is 11.6 Å². The average molecular weight is 649 g/mol. The van der Waals surface area contributed by atoms with Gasteiger partial charge in [0.1, 0.15) is 11.4 Å². The zero-order valence-electron chi connectivity index (χ0n) is 25.4. The fourth-order valence-electron chi connectivity index (χ4n) is 5.81. The highest BCUT2D eigenvalue weighted by atomic mass is 35.5. The van der Waals surface area contributed by atoms with E-state index in [2.05, 4.69) is 24.9 Å². The molecule has 0 spiro atoms. The van der Waals surface area contributed by atoms with Gasteiger partial charge in [-0.1, -0.05) is 61.0 Å². The zero-order valence-corrected chi connectivity index (χ0v) is 26.9. The fourth-order valence-corrected chi connectivity index (χ4v) is 7.04. The maximum Gasteiger partial charge on any atom is 0.355 e. The van der Waals surface area contributed by atoms with E-state index in [0.29, 0.717) is 54.1 Å². The summed E-state index contributed by atoms with van der Waals surface area (Å²) in [6.45, 7) is 7.73. The molecule has 0 saturated carbocycles. The highest BCUT2D eigenvalue weighted by molar-refractivity contribution is 7.89. The summed E-state index contributed by atoms with van der Waals surface area (Å²) in [5, 5.41) is 12.1. The van der Waals surface area contributed by atoms with Gasteiger partial charge in [-0.25, -0.2) is 17.9 Å². The number of halogens is 1. The van der Waals surface area contributed by atoms with E-state index in [1.54, 1.807) is 18.2 Å². The molecule has 1 saturated heterocycles. The smallest absolute Gasteiger partial charge is 0.355 e. The summed E-state index contributed by atoms with van der Waals surface area (Å²) in [6.07, 6.45) is 3.79. The molecule has 6 rings (SSSR count).